The predicted octanol–water partition coefficient (Wildman–Crippen LogP) is 3.05. The number of nitrogens with zero attached hydrogens (tertiary/aromatic N) is 2. The van der Waals surface area contributed by atoms with E-state index in [4.69, 9.17) is 0 Å². The van der Waals surface area contributed by atoms with E-state index in [1.165, 1.54) is 37.5 Å². The summed E-state index contributed by atoms with van der Waals surface area (Å²) in [5, 5.41) is 20.3. The number of non-ortho nitro benzene ring substituents is 1. The van der Waals surface area contributed by atoms with E-state index in [1.807, 2.05) is 0 Å². The third-order valence-electron chi connectivity index (χ3n) is 3.22. The molecule has 96 valence electrons. The third-order valence-corrected chi connectivity index (χ3v) is 3.22. The first-order valence-corrected chi connectivity index (χ1v) is 6.17. The van der Waals surface area contributed by atoms with E-state index in [1.54, 1.807) is 6.21 Å². The molecule has 0 heterocycles. The number of phenols is 1. The molecule has 0 atom stereocenters. The highest BCUT2D eigenvalue weighted by Crippen LogP contribution is 2.23. The van der Waals surface area contributed by atoms with Crippen molar-refractivity contribution in [2.24, 2.45) is 4.99 Å². The van der Waals surface area contributed by atoms with Gasteiger partial charge in [-0.15, -0.1) is 0 Å². The molecule has 1 N–H and O–H groups in total. The molecule has 1 fully saturated rings. The number of nitro benzene ring substituents is 1. The quantitative estimate of drug-likeness (QED) is 0.507. The van der Waals surface area contributed by atoms with Crippen LogP contribution < -0.4 is 0 Å². The molecule has 1 aliphatic carbocycles. The fourth-order valence-electron chi connectivity index (χ4n) is 2.17. The topological polar surface area (TPSA) is 75.7 Å². The van der Waals surface area contributed by atoms with E-state index in [2.05, 4.69) is 4.99 Å². The summed E-state index contributed by atoms with van der Waals surface area (Å²) in [5.74, 6) is 0.0279. The second-order valence-corrected chi connectivity index (χ2v) is 4.57. The van der Waals surface area contributed by atoms with Crippen LogP contribution in [0.25, 0.3) is 0 Å². The lowest BCUT2D eigenvalue weighted by Gasteiger charge is -2.17. The van der Waals surface area contributed by atoms with Crippen molar-refractivity contribution in [3.05, 3.63) is 33.9 Å². The lowest BCUT2D eigenvalue weighted by Crippen LogP contribution is -2.09. The summed E-state index contributed by atoms with van der Waals surface area (Å²) >= 11 is 0. The average Bonchev–Trinajstić information content (AvgIpc) is 2.38. The van der Waals surface area contributed by atoms with Crippen LogP contribution in [0.3, 0.4) is 0 Å². The van der Waals surface area contributed by atoms with Crippen LogP contribution in [0.5, 0.6) is 5.75 Å². The van der Waals surface area contributed by atoms with E-state index in [0.29, 0.717) is 5.56 Å². The SMILES string of the molecule is O=[N+]([O-])c1ccc(O)c(C=NC2CCCCC2)c1. The minimum absolute atomic E-state index is 0.0279. The monoisotopic (exact) mass is 248 g/mol. The van der Waals surface area contributed by atoms with Gasteiger partial charge in [0.15, 0.2) is 0 Å². The summed E-state index contributed by atoms with van der Waals surface area (Å²) < 4.78 is 0. The summed E-state index contributed by atoms with van der Waals surface area (Å²) in [4.78, 5) is 14.6. The molecule has 18 heavy (non-hydrogen) atoms. The van der Waals surface area contributed by atoms with Crippen molar-refractivity contribution in [2.75, 3.05) is 0 Å². The molecule has 0 unspecified atom stereocenters. The zero-order valence-electron chi connectivity index (χ0n) is 10.1. The molecule has 1 saturated carbocycles. The van der Waals surface area contributed by atoms with E-state index < -0.39 is 4.92 Å². The zero-order valence-corrected chi connectivity index (χ0v) is 10.1. The zero-order chi connectivity index (χ0) is 13.0. The number of benzene rings is 1. The number of hydrogen-bond donors (Lipinski definition) is 1. The molecule has 5 nitrogen and oxygen atoms in total. The van der Waals surface area contributed by atoms with Crippen LogP contribution in [0, 0.1) is 10.1 Å². The lowest BCUT2D eigenvalue weighted by atomic mass is 9.96. The van der Waals surface area contributed by atoms with Gasteiger partial charge in [-0.25, -0.2) is 0 Å². The summed E-state index contributed by atoms with van der Waals surface area (Å²) in [6.07, 6.45) is 7.30. The normalized spacial score (nSPS) is 17.1. The van der Waals surface area contributed by atoms with Gasteiger partial charge in [-0.05, 0) is 18.9 Å². The Balaban J connectivity index is 2.14. The van der Waals surface area contributed by atoms with Gasteiger partial charge in [0.25, 0.3) is 5.69 Å². The molecule has 0 bridgehead atoms. The van der Waals surface area contributed by atoms with Crippen molar-refractivity contribution in [2.45, 2.75) is 38.1 Å². The van der Waals surface area contributed by atoms with Crippen LogP contribution in [-0.4, -0.2) is 22.3 Å². The molecule has 1 aliphatic rings. The Labute approximate surface area is 105 Å². The first kappa shape index (κ1) is 12.5. The molecule has 1 aromatic rings. The summed E-state index contributed by atoms with van der Waals surface area (Å²) in [5.41, 5.74) is 0.382. The molecular formula is C13H16N2O3. The Morgan fingerprint density at radius 1 is 1.33 bits per heavy atom. The second kappa shape index (κ2) is 5.62. The maximum Gasteiger partial charge on any atom is 0.270 e. The minimum Gasteiger partial charge on any atom is -0.507 e. The number of hydrogen-bond acceptors (Lipinski definition) is 4. The largest absolute Gasteiger partial charge is 0.507 e. The fourth-order valence-corrected chi connectivity index (χ4v) is 2.17. The van der Waals surface area contributed by atoms with Gasteiger partial charge in [0.1, 0.15) is 5.75 Å². The molecule has 0 spiro atoms. The van der Waals surface area contributed by atoms with Crippen molar-refractivity contribution in [3.8, 4) is 5.75 Å². The maximum atomic E-state index is 10.6. The highest BCUT2D eigenvalue weighted by molar-refractivity contribution is 5.84. The van der Waals surface area contributed by atoms with Gasteiger partial charge in [-0.2, -0.15) is 0 Å². The van der Waals surface area contributed by atoms with Crippen LogP contribution in [0.15, 0.2) is 23.2 Å². The molecule has 0 radical (unpaired) electrons. The van der Waals surface area contributed by atoms with Crippen LogP contribution in [0.2, 0.25) is 0 Å². The fraction of sp³-hybridized carbons (Fsp3) is 0.462. The molecule has 0 aromatic heterocycles. The van der Waals surface area contributed by atoms with Gasteiger partial charge in [0.05, 0.1) is 4.92 Å². The van der Waals surface area contributed by atoms with Crippen molar-refractivity contribution < 1.29 is 10.0 Å². The van der Waals surface area contributed by atoms with Crippen molar-refractivity contribution in [1.82, 2.24) is 0 Å². The lowest BCUT2D eigenvalue weighted by molar-refractivity contribution is -0.384. The average molecular weight is 248 g/mol. The van der Waals surface area contributed by atoms with Gasteiger partial charge in [0.2, 0.25) is 0 Å². The van der Waals surface area contributed by atoms with Gasteiger partial charge >= 0.3 is 0 Å². The third kappa shape index (κ3) is 3.06. The van der Waals surface area contributed by atoms with Crippen LogP contribution in [0.4, 0.5) is 5.69 Å². The Bertz CT molecular complexity index is 465. The van der Waals surface area contributed by atoms with Gasteiger partial charge in [-0.3, -0.25) is 15.1 Å². The van der Waals surface area contributed by atoms with Crippen molar-refractivity contribution in [3.63, 3.8) is 0 Å². The number of rotatable bonds is 3. The molecule has 1 aromatic carbocycles. The molecular weight excluding hydrogens is 232 g/mol. The van der Waals surface area contributed by atoms with Gasteiger partial charge in [-0.1, -0.05) is 19.3 Å². The van der Waals surface area contributed by atoms with E-state index >= 15 is 0 Å². The van der Waals surface area contributed by atoms with Gasteiger partial charge in [0, 0.05) is 30.0 Å². The van der Waals surface area contributed by atoms with Crippen molar-refractivity contribution >= 4 is 11.9 Å². The molecule has 0 aliphatic heterocycles. The maximum absolute atomic E-state index is 10.6. The first-order valence-electron chi connectivity index (χ1n) is 6.17. The Kier molecular flexibility index (Phi) is 3.92. The number of phenolic OH excluding ortho intramolecular Hbond substituents is 1. The summed E-state index contributed by atoms with van der Waals surface area (Å²) in [6, 6.07) is 4.26. The van der Waals surface area contributed by atoms with Crippen LogP contribution >= 0.6 is 0 Å². The van der Waals surface area contributed by atoms with Crippen LogP contribution in [-0.2, 0) is 0 Å². The number of aliphatic imine (C=N–C) groups is 1. The number of nitro groups is 1. The Hall–Kier alpha value is -1.91. The van der Waals surface area contributed by atoms with Gasteiger partial charge < -0.3 is 5.11 Å². The standard InChI is InChI=1S/C13H16N2O3/c16-13-7-6-12(15(17)18)8-10(13)9-14-11-4-2-1-3-5-11/h6-9,11,16H,1-5H2. The Morgan fingerprint density at radius 2 is 2.06 bits per heavy atom. The second-order valence-electron chi connectivity index (χ2n) is 4.57. The summed E-state index contributed by atoms with van der Waals surface area (Å²) in [7, 11) is 0. The Morgan fingerprint density at radius 3 is 2.72 bits per heavy atom. The van der Waals surface area contributed by atoms with E-state index in [-0.39, 0.29) is 17.5 Å². The van der Waals surface area contributed by atoms with E-state index in [9.17, 15) is 15.2 Å². The van der Waals surface area contributed by atoms with Crippen LogP contribution in [0.1, 0.15) is 37.7 Å². The highest BCUT2D eigenvalue weighted by atomic mass is 16.6. The predicted molar refractivity (Wildman–Crippen MR) is 69.2 cm³/mol. The molecule has 0 amide bonds. The molecule has 5 heteroatoms. The first-order chi connectivity index (χ1) is 8.66. The number of aromatic hydroxyl groups is 1. The minimum atomic E-state index is -0.475. The molecule has 2 rings (SSSR count). The van der Waals surface area contributed by atoms with E-state index in [0.717, 1.165) is 12.8 Å². The van der Waals surface area contributed by atoms with Crippen molar-refractivity contribution in [1.29, 1.82) is 0 Å². The molecule has 0 saturated heterocycles. The highest BCUT2D eigenvalue weighted by Gasteiger charge is 2.12. The smallest absolute Gasteiger partial charge is 0.270 e. The summed E-state index contributed by atoms with van der Waals surface area (Å²) in [6.45, 7) is 0.